The molecule has 2 heterocycles. The lowest BCUT2D eigenvalue weighted by molar-refractivity contribution is -0.208. The van der Waals surface area contributed by atoms with Crippen LogP contribution in [0.3, 0.4) is 0 Å². The van der Waals surface area contributed by atoms with Gasteiger partial charge in [0.2, 0.25) is 0 Å². The molecule has 0 aromatic heterocycles. The van der Waals surface area contributed by atoms with Crippen LogP contribution in [0.4, 0.5) is 22.8 Å². The fourth-order valence-corrected chi connectivity index (χ4v) is 4.69. The van der Waals surface area contributed by atoms with Crippen LogP contribution in [0, 0.1) is 5.92 Å². The Hall–Kier alpha value is -2.49. The topological polar surface area (TPSA) is 71.1 Å². The smallest absolute Gasteiger partial charge is 0.410 e. The first-order valence-corrected chi connectivity index (χ1v) is 12.6. The molecule has 2 amide bonds. The number of alkyl halides is 3. The summed E-state index contributed by atoms with van der Waals surface area (Å²) in [6.45, 7) is 6.82. The third-order valence-electron chi connectivity index (χ3n) is 6.91. The third-order valence-corrected chi connectivity index (χ3v) is 6.91. The van der Waals surface area contributed by atoms with Gasteiger partial charge in [-0.1, -0.05) is 30.3 Å². The molecule has 36 heavy (non-hydrogen) atoms. The van der Waals surface area contributed by atoms with Crippen molar-refractivity contribution >= 4 is 12.2 Å². The first kappa shape index (κ1) is 28.1. The largest absolute Gasteiger partial charge is 0.445 e. The van der Waals surface area contributed by atoms with Crippen molar-refractivity contribution in [3.63, 3.8) is 0 Å². The maximum atomic E-state index is 14.1. The maximum absolute atomic E-state index is 14.1. The molecule has 2 aliphatic heterocycles. The van der Waals surface area contributed by atoms with Crippen LogP contribution in [-0.4, -0.2) is 72.0 Å². The van der Waals surface area contributed by atoms with Gasteiger partial charge < -0.3 is 24.6 Å². The summed E-state index contributed by atoms with van der Waals surface area (Å²) >= 11 is 0. The molecule has 0 aliphatic carbocycles. The maximum Gasteiger partial charge on any atom is 0.410 e. The Balaban J connectivity index is 1.43. The minimum atomic E-state index is -4.42. The molecule has 2 aliphatic rings. The zero-order chi connectivity index (χ0) is 26.4. The number of nitrogens with one attached hydrogen (secondary N) is 1. The first-order chi connectivity index (χ1) is 16.9. The van der Waals surface area contributed by atoms with Gasteiger partial charge in [0, 0.05) is 26.2 Å². The summed E-state index contributed by atoms with van der Waals surface area (Å²) in [4.78, 5) is 27.6. The monoisotopic (exact) mass is 513 g/mol. The summed E-state index contributed by atoms with van der Waals surface area (Å²) in [5.74, 6) is 0.245. The Morgan fingerprint density at radius 2 is 1.56 bits per heavy atom. The average molecular weight is 514 g/mol. The number of amides is 2. The van der Waals surface area contributed by atoms with Crippen LogP contribution < -0.4 is 5.32 Å². The molecule has 202 valence electrons. The SMILES string of the molecule is CC(C)(C)OC(=O)N1CCC(CCNC2(C(F)(F)F)CCN(C(=O)OCc3ccccc3)CC2)CC1. The van der Waals surface area contributed by atoms with Crippen molar-refractivity contribution < 1.29 is 32.2 Å². The van der Waals surface area contributed by atoms with E-state index >= 15 is 0 Å². The molecule has 0 atom stereocenters. The molecule has 10 heteroatoms. The van der Waals surface area contributed by atoms with E-state index in [-0.39, 0.29) is 51.1 Å². The van der Waals surface area contributed by atoms with E-state index in [1.807, 2.05) is 51.1 Å². The van der Waals surface area contributed by atoms with Gasteiger partial charge in [-0.2, -0.15) is 13.2 Å². The second-order valence-corrected chi connectivity index (χ2v) is 10.7. The summed E-state index contributed by atoms with van der Waals surface area (Å²) in [6, 6.07) is 9.16. The molecular weight excluding hydrogens is 475 g/mol. The molecular formula is C26H38F3N3O4. The fraction of sp³-hybridized carbons (Fsp3) is 0.692. The second-order valence-electron chi connectivity index (χ2n) is 10.7. The number of ether oxygens (including phenoxy) is 2. The first-order valence-electron chi connectivity index (χ1n) is 12.6. The third kappa shape index (κ3) is 7.75. The number of hydrogen-bond donors (Lipinski definition) is 1. The molecule has 2 saturated heterocycles. The summed E-state index contributed by atoms with van der Waals surface area (Å²) in [7, 11) is 0. The van der Waals surface area contributed by atoms with E-state index in [0.717, 1.165) is 18.4 Å². The predicted molar refractivity (Wildman–Crippen MR) is 129 cm³/mol. The van der Waals surface area contributed by atoms with Crippen LogP contribution in [0.5, 0.6) is 0 Å². The summed E-state index contributed by atoms with van der Waals surface area (Å²) in [5, 5.41) is 2.80. The average Bonchev–Trinajstić information content (AvgIpc) is 2.82. The quantitative estimate of drug-likeness (QED) is 0.556. The van der Waals surface area contributed by atoms with Crippen molar-refractivity contribution in [3.05, 3.63) is 35.9 Å². The molecule has 2 fully saturated rings. The van der Waals surface area contributed by atoms with E-state index in [0.29, 0.717) is 19.5 Å². The van der Waals surface area contributed by atoms with E-state index in [9.17, 15) is 22.8 Å². The molecule has 3 rings (SSSR count). The highest BCUT2D eigenvalue weighted by molar-refractivity contribution is 5.68. The number of carbonyl (C=O) groups excluding carboxylic acids is 2. The lowest BCUT2D eigenvalue weighted by atomic mass is 9.86. The predicted octanol–water partition coefficient (Wildman–Crippen LogP) is 5.35. The summed E-state index contributed by atoms with van der Waals surface area (Å²) < 4.78 is 52.9. The summed E-state index contributed by atoms with van der Waals surface area (Å²) in [6.07, 6.45) is -3.71. The molecule has 0 saturated carbocycles. The van der Waals surface area contributed by atoms with Gasteiger partial charge in [-0.25, -0.2) is 9.59 Å². The lowest BCUT2D eigenvalue weighted by Crippen LogP contribution is -2.62. The van der Waals surface area contributed by atoms with Crippen LogP contribution in [0.2, 0.25) is 0 Å². The van der Waals surface area contributed by atoms with Gasteiger partial charge in [0.1, 0.15) is 17.7 Å². The molecule has 0 bridgehead atoms. The van der Waals surface area contributed by atoms with Crippen molar-refractivity contribution in [2.75, 3.05) is 32.7 Å². The fourth-order valence-electron chi connectivity index (χ4n) is 4.69. The second kappa shape index (κ2) is 11.7. The van der Waals surface area contributed by atoms with E-state index in [4.69, 9.17) is 9.47 Å². The standard InChI is InChI=1S/C26H38F3N3O4/c1-24(2,3)36-23(34)31-15-10-20(11-16-31)9-14-30-25(26(27,28)29)12-17-32(18-13-25)22(33)35-19-21-7-5-4-6-8-21/h4-8,20,30H,9-19H2,1-3H3. The number of halogens is 3. The van der Waals surface area contributed by atoms with Gasteiger partial charge in [-0.3, -0.25) is 0 Å². The van der Waals surface area contributed by atoms with Crippen LogP contribution in [0.25, 0.3) is 0 Å². The Labute approximate surface area is 211 Å². The minimum Gasteiger partial charge on any atom is -0.445 e. The van der Waals surface area contributed by atoms with E-state index in [1.54, 1.807) is 4.90 Å². The molecule has 1 N–H and O–H groups in total. The minimum absolute atomic E-state index is 0.0194. The van der Waals surface area contributed by atoms with Crippen LogP contribution in [0.1, 0.15) is 58.4 Å². The molecule has 0 unspecified atom stereocenters. The number of hydrogen-bond acceptors (Lipinski definition) is 5. The molecule has 7 nitrogen and oxygen atoms in total. The van der Waals surface area contributed by atoms with Crippen LogP contribution >= 0.6 is 0 Å². The Kier molecular flexibility index (Phi) is 9.13. The Morgan fingerprint density at radius 3 is 2.11 bits per heavy atom. The molecule has 0 spiro atoms. The number of benzene rings is 1. The highest BCUT2D eigenvalue weighted by Gasteiger charge is 2.55. The summed E-state index contributed by atoms with van der Waals surface area (Å²) in [5.41, 5.74) is -1.75. The lowest BCUT2D eigenvalue weighted by Gasteiger charge is -2.43. The van der Waals surface area contributed by atoms with E-state index < -0.39 is 23.4 Å². The number of carbonyl (C=O) groups is 2. The zero-order valence-corrected chi connectivity index (χ0v) is 21.4. The number of rotatable bonds is 6. The molecule has 1 aromatic carbocycles. The van der Waals surface area contributed by atoms with Crippen molar-refractivity contribution in [1.29, 1.82) is 0 Å². The normalized spacial score (nSPS) is 19.2. The van der Waals surface area contributed by atoms with Gasteiger partial charge >= 0.3 is 18.4 Å². The Morgan fingerprint density at radius 1 is 0.972 bits per heavy atom. The van der Waals surface area contributed by atoms with E-state index in [2.05, 4.69) is 5.32 Å². The van der Waals surface area contributed by atoms with Gasteiger partial charge in [-0.05, 0) is 70.9 Å². The van der Waals surface area contributed by atoms with Gasteiger partial charge in [-0.15, -0.1) is 0 Å². The Bertz CT molecular complexity index is 857. The van der Waals surface area contributed by atoms with Gasteiger partial charge in [0.15, 0.2) is 0 Å². The van der Waals surface area contributed by atoms with Gasteiger partial charge in [0.05, 0.1) is 0 Å². The highest BCUT2D eigenvalue weighted by Crippen LogP contribution is 2.39. The van der Waals surface area contributed by atoms with E-state index in [1.165, 1.54) is 4.90 Å². The zero-order valence-electron chi connectivity index (χ0n) is 21.4. The highest BCUT2D eigenvalue weighted by atomic mass is 19.4. The molecule has 0 radical (unpaired) electrons. The molecule has 1 aromatic rings. The number of likely N-dealkylation sites (tertiary alicyclic amines) is 2. The van der Waals surface area contributed by atoms with Crippen molar-refractivity contribution in [1.82, 2.24) is 15.1 Å². The van der Waals surface area contributed by atoms with Crippen molar-refractivity contribution in [2.24, 2.45) is 5.92 Å². The van der Waals surface area contributed by atoms with Crippen LogP contribution in [-0.2, 0) is 16.1 Å². The number of piperidine rings is 2. The number of nitrogens with zero attached hydrogens (tertiary/aromatic N) is 2. The van der Waals surface area contributed by atoms with Crippen LogP contribution in [0.15, 0.2) is 30.3 Å². The van der Waals surface area contributed by atoms with Gasteiger partial charge in [0.25, 0.3) is 0 Å². The van der Waals surface area contributed by atoms with Crippen molar-refractivity contribution in [2.45, 2.75) is 76.8 Å². The van der Waals surface area contributed by atoms with Crippen molar-refractivity contribution in [3.8, 4) is 0 Å².